The Morgan fingerprint density at radius 3 is 1.20 bits per heavy atom. The maximum Gasteiger partial charge on any atom is 0.0820 e. The summed E-state index contributed by atoms with van der Waals surface area (Å²) in [7, 11) is 4.30. The molecule has 0 fully saturated rings. The van der Waals surface area contributed by atoms with E-state index in [0.717, 1.165) is 32.8 Å². The van der Waals surface area contributed by atoms with E-state index in [1.54, 1.807) is 0 Å². The fraction of sp³-hybridized carbons (Fsp3) is 0.905. The van der Waals surface area contributed by atoms with Crippen molar-refractivity contribution in [3.63, 3.8) is 0 Å². The summed E-state index contributed by atoms with van der Waals surface area (Å²) in [6.07, 6.45) is 48.8. The average molecular weight is 634 g/mol. The van der Waals surface area contributed by atoms with E-state index in [-0.39, 0.29) is 6.10 Å². The van der Waals surface area contributed by atoms with Crippen LogP contribution in [0.1, 0.15) is 200 Å². The zero-order valence-corrected chi connectivity index (χ0v) is 31.5. The number of hydrogen-bond acceptors (Lipinski definition) is 3. The predicted octanol–water partition coefficient (Wildman–Crippen LogP) is 13.4. The molecule has 0 saturated carbocycles. The molecule has 1 atom stereocenters. The lowest BCUT2D eigenvalue weighted by molar-refractivity contribution is -0.0248. The first-order valence-electron chi connectivity index (χ1n) is 20.3. The first-order chi connectivity index (χ1) is 22.2. The zero-order chi connectivity index (χ0) is 32.7. The second kappa shape index (κ2) is 39.5. The van der Waals surface area contributed by atoms with Gasteiger partial charge in [0, 0.05) is 19.8 Å². The predicted molar refractivity (Wildman–Crippen MR) is 203 cm³/mol. The molecule has 0 rings (SSSR count). The van der Waals surface area contributed by atoms with Crippen LogP contribution >= 0.6 is 0 Å². The maximum atomic E-state index is 6.28. The number of allylic oxidation sites excluding steroid dienone is 4. The summed E-state index contributed by atoms with van der Waals surface area (Å²) in [6, 6.07) is 0. The molecule has 0 aromatic rings. The number of rotatable bonds is 38. The highest BCUT2D eigenvalue weighted by Crippen LogP contribution is 2.12. The quantitative estimate of drug-likeness (QED) is 0.0499. The molecule has 0 heterocycles. The first kappa shape index (κ1) is 44.4. The molecule has 3 heteroatoms. The summed E-state index contributed by atoms with van der Waals surface area (Å²) < 4.78 is 12.4. The van der Waals surface area contributed by atoms with Crippen LogP contribution in [0.3, 0.4) is 0 Å². The lowest BCUT2D eigenvalue weighted by atomic mass is 10.1. The molecule has 0 aliphatic heterocycles. The Morgan fingerprint density at radius 2 is 0.800 bits per heavy atom. The van der Waals surface area contributed by atoms with Crippen LogP contribution in [-0.2, 0) is 9.47 Å². The minimum Gasteiger partial charge on any atom is -0.379 e. The molecule has 0 N–H and O–H groups in total. The van der Waals surface area contributed by atoms with E-state index in [2.05, 4.69) is 57.1 Å². The zero-order valence-electron chi connectivity index (χ0n) is 31.5. The van der Waals surface area contributed by atoms with Crippen molar-refractivity contribution in [2.45, 2.75) is 206 Å². The van der Waals surface area contributed by atoms with Crippen LogP contribution in [0.5, 0.6) is 0 Å². The number of nitrogens with zero attached hydrogens (tertiary/aromatic N) is 1. The van der Waals surface area contributed by atoms with Crippen molar-refractivity contribution in [1.29, 1.82) is 0 Å². The molecule has 268 valence electrons. The average Bonchev–Trinajstić information content (AvgIpc) is 3.04. The largest absolute Gasteiger partial charge is 0.379 e. The SMILES string of the molecule is CCCCCCCC/C=C\CCCCCCCCOCC(CCN(C)C)OCCCCCCCC/C=C\CCCCCCCC. The van der Waals surface area contributed by atoms with Crippen molar-refractivity contribution < 1.29 is 9.47 Å². The Labute approximate surface area is 284 Å². The van der Waals surface area contributed by atoms with Crippen molar-refractivity contribution in [1.82, 2.24) is 4.90 Å². The fourth-order valence-corrected chi connectivity index (χ4v) is 5.88. The van der Waals surface area contributed by atoms with Crippen LogP contribution in [0.15, 0.2) is 24.3 Å². The van der Waals surface area contributed by atoms with Crippen molar-refractivity contribution >= 4 is 0 Å². The highest BCUT2D eigenvalue weighted by molar-refractivity contribution is 4.82. The summed E-state index contributed by atoms with van der Waals surface area (Å²) >= 11 is 0. The Bertz CT molecular complexity index is 587. The summed E-state index contributed by atoms with van der Waals surface area (Å²) in [5.41, 5.74) is 0. The van der Waals surface area contributed by atoms with Crippen LogP contribution in [0.25, 0.3) is 0 Å². The lowest BCUT2D eigenvalue weighted by Crippen LogP contribution is -2.26. The molecule has 45 heavy (non-hydrogen) atoms. The van der Waals surface area contributed by atoms with Gasteiger partial charge < -0.3 is 14.4 Å². The Kier molecular flexibility index (Phi) is 39.0. The minimum absolute atomic E-state index is 0.240. The highest BCUT2D eigenvalue weighted by Gasteiger charge is 2.10. The van der Waals surface area contributed by atoms with E-state index in [0.29, 0.717) is 0 Å². The summed E-state index contributed by atoms with van der Waals surface area (Å²) in [5.74, 6) is 0. The van der Waals surface area contributed by atoms with Crippen molar-refractivity contribution in [3.8, 4) is 0 Å². The van der Waals surface area contributed by atoms with Gasteiger partial charge in [-0.1, -0.05) is 154 Å². The van der Waals surface area contributed by atoms with Crippen LogP contribution in [0, 0.1) is 0 Å². The van der Waals surface area contributed by atoms with Gasteiger partial charge in [-0.2, -0.15) is 0 Å². The van der Waals surface area contributed by atoms with Crippen LogP contribution in [-0.4, -0.2) is 51.5 Å². The molecule has 0 bridgehead atoms. The van der Waals surface area contributed by atoms with E-state index in [4.69, 9.17) is 9.47 Å². The third-order valence-electron chi connectivity index (χ3n) is 9.01. The fourth-order valence-electron chi connectivity index (χ4n) is 5.88. The van der Waals surface area contributed by atoms with E-state index in [9.17, 15) is 0 Å². The maximum absolute atomic E-state index is 6.28. The van der Waals surface area contributed by atoms with Gasteiger partial charge in [-0.15, -0.1) is 0 Å². The molecule has 0 aromatic heterocycles. The second-order valence-corrected chi connectivity index (χ2v) is 14.0. The smallest absolute Gasteiger partial charge is 0.0820 e. The standard InChI is InChI=1S/C42H83NO2/c1-5-7-9-11-13-15-17-19-21-23-25-27-29-31-33-35-39-44-41-42(37-38-43(3)4)45-40-36-34-32-30-28-26-24-22-20-18-16-14-12-10-8-6-2/h19-22,42H,5-18,23-41H2,1-4H3/b21-19-,22-20-. The van der Waals surface area contributed by atoms with Gasteiger partial charge in [0.05, 0.1) is 12.7 Å². The van der Waals surface area contributed by atoms with Crippen molar-refractivity contribution in [3.05, 3.63) is 24.3 Å². The van der Waals surface area contributed by atoms with Crippen LogP contribution < -0.4 is 0 Å². The van der Waals surface area contributed by atoms with Crippen LogP contribution in [0.2, 0.25) is 0 Å². The molecule has 0 saturated heterocycles. The Balaban J connectivity index is 3.60. The second-order valence-electron chi connectivity index (χ2n) is 14.0. The molecular formula is C42H83NO2. The number of unbranched alkanes of at least 4 members (excludes halogenated alkanes) is 24. The summed E-state index contributed by atoms with van der Waals surface area (Å²) in [5, 5.41) is 0. The molecule has 3 nitrogen and oxygen atoms in total. The molecule has 0 aliphatic carbocycles. The Hall–Kier alpha value is -0.640. The van der Waals surface area contributed by atoms with Gasteiger partial charge >= 0.3 is 0 Å². The number of hydrogen-bond donors (Lipinski definition) is 0. The monoisotopic (exact) mass is 634 g/mol. The van der Waals surface area contributed by atoms with Gasteiger partial charge in [0.25, 0.3) is 0 Å². The van der Waals surface area contributed by atoms with Crippen molar-refractivity contribution in [2.24, 2.45) is 0 Å². The minimum atomic E-state index is 0.240. The van der Waals surface area contributed by atoms with Gasteiger partial charge in [0.2, 0.25) is 0 Å². The summed E-state index contributed by atoms with van der Waals surface area (Å²) in [4.78, 5) is 2.26. The molecular weight excluding hydrogens is 550 g/mol. The van der Waals surface area contributed by atoms with E-state index in [1.807, 2.05) is 0 Å². The van der Waals surface area contributed by atoms with Gasteiger partial charge in [0.1, 0.15) is 0 Å². The van der Waals surface area contributed by atoms with E-state index >= 15 is 0 Å². The molecule has 0 amide bonds. The molecule has 0 spiro atoms. The van der Waals surface area contributed by atoms with Gasteiger partial charge in [-0.05, 0) is 84.7 Å². The summed E-state index contributed by atoms with van der Waals surface area (Å²) in [6.45, 7) is 8.17. The van der Waals surface area contributed by atoms with Gasteiger partial charge in [-0.3, -0.25) is 0 Å². The van der Waals surface area contributed by atoms with Crippen molar-refractivity contribution in [2.75, 3.05) is 40.5 Å². The van der Waals surface area contributed by atoms with E-state index < -0.39 is 0 Å². The van der Waals surface area contributed by atoms with Crippen LogP contribution in [0.4, 0.5) is 0 Å². The van der Waals surface area contributed by atoms with Gasteiger partial charge in [-0.25, -0.2) is 0 Å². The molecule has 0 aromatic carbocycles. The molecule has 0 aliphatic rings. The molecule has 1 unspecified atom stereocenters. The lowest BCUT2D eigenvalue weighted by Gasteiger charge is -2.20. The first-order valence-corrected chi connectivity index (χ1v) is 20.3. The Morgan fingerprint density at radius 1 is 0.444 bits per heavy atom. The van der Waals surface area contributed by atoms with Gasteiger partial charge in [0.15, 0.2) is 0 Å². The highest BCUT2D eigenvalue weighted by atomic mass is 16.5. The van der Waals surface area contributed by atoms with E-state index in [1.165, 1.54) is 180 Å². The third-order valence-corrected chi connectivity index (χ3v) is 9.01. The molecule has 0 radical (unpaired) electrons. The number of ether oxygens (including phenoxy) is 2. The normalized spacial score (nSPS) is 12.8. The third kappa shape index (κ3) is 39.5. The topological polar surface area (TPSA) is 21.7 Å².